The van der Waals surface area contributed by atoms with E-state index in [1.807, 2.05) is 12.3 Å². The lowest BCUT2D eigenvalue weighted by Gasteiger charge is -2.34. The predicted molar refractivity (Wildman–Crippen MR) is 71.6 cm³/mol. The second-order valence-electron chi connectivity index (χ2n) is 5.96. The summed E-state index contributed by atoms with van der Waals surface area (Å²) in [5.41, 5.74) is 8.72. The molecule has 1 heterocycles. The summed E-state index contributed by atoms with van der Waals surface area (Å²) >= 11 is 0. The minimum atomic E-state index is 0.111. The minimum Gasteiger partial charge on any atom is -0.322 e. The molecule has 1 aliphatic carbocycles. The smallest absolute Gasteiger partial charge is 0.0576 e. The number of nitrogens with zero attached hydrogens (tertiary/aromatic N) is 1. The molecular formula is C15H24N2. The highest BCUT2D eigenvalue weighted by Gasteiger charge is 2.29. The molecule has 1 saturated carbocycles. The van der Waals surface area contributed by atoms with Gasteiger partial charge in [0.1, 0.15) is 0 Å². The van der Waals surface area contributed by atoms with Crippen LogP contribution < -0.4 is 5.73 Å². The highest BCUT2D eigenvalue weighted by Crippen LogP contribution is 2.38. The van der Waals surface area contributed by atoms with E-state index in [2.05, 4.69) is 31.8 Å². The molecule has 1 aromatic heterocycles. The number of pyridine rings is 1. The maximum atomic E-state index is 6.40. The quantitative estimate of drug-likeness (QED) is 0.848. The minimum absolute atomic E-state index is 0.111. The van der Waals surface area contributed by atoms with Gasteiger partial charge in [-0.25, -0.2) is 0 Å². The van der Waals surface area contributed by atoms with Crippen molar-refractivity contribution >= 4 is 0 Å². The zero-order valence-corrected chi connectivity index (χ0v) is 11.2. The fourth-order valence-electron chi connectivity index (χ4n) is 3.29. The van der Waals surface area contributed by atoms with Gasteiger partial charge in [-0.3, -0.25) is 4.98 Å². The van der Waals surface area contributed by atoms with Crippen LogP contribution in [-0.2, 0) is 0 Å². The largest absolute Gasteiger partial charge is 0.322 e. The lowest BCUT2D eigenvalue weighted by molar-refractivity contribution is 0.192. The zero-order valence-electron chi connectivity index (χ0n) is 11.2. The van der Waals surface area contributed by atoms with E-state index in [1.165, 1.54) is 24.8 Å². The molecule has 0 radical (unpaired) electrons. The third-order valence-electron chi connectivity index (χ3n) is 4.00. The molecule has 1 fully saturated rings. The average molecular weight is 232 g/mol. The van der Waals surface area contributed by atoms with Crippen LogP contribution in [-0.4, -0.2) is 4.98 Å². The first-order chi connectivity index (χ1) is 8.06. The molecule has 1 aromatic rings. The van der Waals surface area contributed by atoms with E-state index in [4.69, 9.17) is 5.73 Å². The van der Waals surface area contributed by atoms with Gasteiger partial charge in [0, 0.05) is 12.2 Å². The Kier molecular flexibility index (Phi) is 3.82. The van der Waals surface area contributed by atoms with Crippen LogP contribution in [0, 0.1) is 24.7 Å². The summed E-state index contributed by atoms with van der Waals surface area (Å²) < 4.78 is 0. The summed E-state index contributed by atoms with van der Waals surface area (Å²) in [6, 6.07) is 4.27. The Morgan fingerprint density at radius 1 is 1.24 bits per heavy atom. The molecular weight excluding hydrogens is 208 g/mol. The standard InChI is InChI=1S/C15H24N2/c1-10-4-5-17-14(9-10)15(16)13-7-11(2)6-12(3)8-13/h4-5,9,11-13,15H,6-8,16H2,1-3H3. The van der Waals surface area contributed by atoms with Gasteiger partial charge in [-0.1, -0.05) is 13.8 Å². The Morgan fingerprint density at radius 2 is 1.88 bits per heavy atom. The number of hydrogen-bond donors (Lipinski definition) is 1. The Balaban J connectivity index is 2.11. The first-order valence-electron chi connectivity index (χ1n) is 6.74. The second-order valence-corrected chi connectivity index (χ2v) is 5.96. The first kappa shape index (κ1) is 12.6. The van der Waals surface area contributed by atoms with E-state index in [9.17, 15) is 0 Å². The van der Waals surface area contributed by atoms with Crippen LogP contribution in [0.2, 0.25) is 0 Å². The molecule has 3 unspecified atom stereocenters. The van der Waals surface area contributed by atoms with Crippen molar-refractivity contribution in [1.82, 2.24) is 4.98 Å². The zero-order chi connectivity index (χ0) is 12.4. The van der Waals surface area contributed by atoms with Crippen LogP contribution in [0.25, 0.3) is 0 Å². The van der Waals surface area contributed by atoms with Crippen molar-refractivity contribution in [2.24, 2.45) is 23.5 Å². The summed E-state index contributed by atoms with van der Waals surface area (Å²) in [5.74, 6) is 2.21. The maximum absolute atomic E-state index is 6.40. The van der Waals surface area contributed by atoms with E-state index < -0.39 is 0 Å². The molecule has 17 heavy (non-hydrogen) atoms. The molecule has 1 aliphatic rings. The van der Waals surface area contributed by atoms with Gasteiger partial charge in [-0.2, -0.15) is 0 Å². The Labute approximate surface area is 105 Å². The number of aryl methyl sites for hydroxylation is 1. The average Bonchev–Trinajstić information content (AvgIpc) is 2.26. The molecule has 2 rings (SSSR count). The Morgan fingerprint density at radius 3 is 2.47 bits per heavy atom. The van der Waals surface area contributed by atoms with Gasteiger partial charge >= 0.3 is 0 Å². The fourth-order valence-corrected chi connectivity index (χ4v) is 3.29. The third-order valence-corrected chi connectivity index (χ3v) is 4.00. The molecule has 94 valence electrons. The van der Waals surface area contributed by atoms with Crippen LogP contribution in [0.5, 0.6) is 0 Å². The SMILES string of the molecule is Cc1ccnc(C(N)C2CC(C)CC(C)C2)c1. The van der Waals surface area contributed by atoms with Gasteiger partial charge < -0.3 is 5.73 Å². The van der Waals surface area contributed by atoms with Crippen LogP contribution in [0.4, 0.5) is 0 Å². The van der Waals surface area contributed by atoms with Crippen LogP contribution in [0.15, 0.2) is 18.3 Å². The van der Waals surface area contributed by atoms with Crippen molar-refractivity contribution in [1.29, 1.82) is 0 Å². The van der Waals surface area contributed by atoms with Crippen molar-refractivity contribution in [3.63, 3.8) is 0 Å². The summed E-state index contributed by atoms with van der Waals surface area (Å²) in [7, 11) is 0. The summed E-state index contributed by atoms with van der Waals surface area (Å²) in [5, 5.41) is 0. The van der Waals surface area contributed by atoms with Gasteiger partial charge in [-0.15, -0.1) is 0 Å². The molecule has 0 aliphatic heterocycles. The topological polar surface area (TPSA) is 38.9 Å². The number of rotatable bonds is 2. The van der Waals surface area contributed by atoms with Gasteiger partial charge in [-0.05, 0) is 61.6 Å². The summed E-state index contributed by atoms with van der Waals surface area (Å²) in [4.78, 5) is 4.44. The van der Waals surface area contributed by atoms with Gasteiger partial charge in [0.05, 0.1) is 5.69 Å². The van der Waals surface area contributed by atoms with Gasteiger partial charge in [0.15, 0.2) is 0 Å². The van der Waals surface area contributed by atoms with Crippen molar-refractivity contribution in [2.45, 2.75) is 46.1 Å². The second kappa shape index (κ2) is 5.18. The summed E-state index contributed by atoms with van der Waals surface area (Å²) in [6.45, 7) is 6.79. The van der Waals surface area contributed by atoms with Crippen molar-refractivity contribution in [3.8, 4) is 0 Å². The Hall–Kier alpha value is -0.890. The Bertz CT molecular complexity index is 365. The van der Waals surface area contributed by atoms with Crippen molar-refractivity contribution < 1.29 is 0 Å². The molecule has 3 atom stereocenters. The third kappa shape index (κ3) is 3.06. The summed E-state index contributed by atoms with van der Waals surface area (Å²) in [6.07, 6.45) is 5.73. The van der Waals surface area contributed by atoms with Crippen molar-refractivity contribution in [2.75, 3.05) is 0 Å². The number of aromatic nitrogens is 1. The van der Waals surface area contributed by atoms with Gasteiger partial charge in [0.25, 0.3) is 0 Å². The molecule has 0 saturated heterocycles. The molecule has 0 amide bonds. The molecule has 0 bridgehead atoms. The van der Waals surface area contributed by atoms with Crippen LogP contribution in [0.1, 0.15) is 50.4 Å². The predicted octanol–water partition coefficient (Wildman–Crippen LogP) is 3.46. The number of nitrogens with two attached hydrogens (primary N) is 1. The van der Waals surface area contributed by atoms with E-state index in [0.29, 0.717) is 5.92 Å². The molecule has 0 aromatic carbocycles. The van der Waals surface area contributed by atoms with Crippen LogP contribution >= 0.6 is 0 Å². The molecule has 0 spiro atoms. The van der Waals surface area contributed by atoms with E-state index in [-0.39, 0.29) is 6.04 Å². The lowest BCUT2D eigenvalue weighted by atomic mass is 9.73. The van der Waals surface area contributed by atoms with Gasteiger partial charge in [0.2, 0.25) is 0 Å². The normalized spacial score (nSPS) is 31.2. The molecule has 2 heteroatoms. The lowest BCUT2D eigenvalue weighted by Crippen LogP contribution is -2.29. The molecule has 2 N–H and O–H groups in total. The van der Waals surface area contributed by atoms with Crippen LogP contribution in [0.3, 0.4) is 0 Å². The fraction of sp³-hybridized carbons (Fsp3) is 0.667. The number of hydrogen-bond acceptors (Lipinski definition) is 2. The highest BCUT2D eigenvalue weighted by atomic mass is 14.8. The highest BCUT2D eigenvalue weighted by molar-refractivity contribution is 5.17. The molecule has 2 nitrogen and oxygen atoms in total. The maximum Gasteiger partial charge on any atom is 0.0576 e. The van der Waals surface area contributed by atoms with E-state index in [0.717, 1.165) is 17.5 Å². The van der Waals surface area contributed by atoms with Crippen molar-refractivity contribution in [3.05, 3.63) is 29.6 Å². The first-order valence-corrected chi connectivity index (χ1v) is 6.74. The monoisotopic (exact) mass is 232 g/mol. The van der Waals surface area contributed by atoms with E-state index in [1.54, 1.807) is 0 Å². The van der Waals surface area contributed by atoms with E-state index >= 15 is 0 Å².